The van der Waals surface area contributed by atoms with E-state index < -0.39 is 5.41 Å². The zero-order valence-electron chi connectivity index (χ0n) is 34.5. The third-order valence-corrected chi connectivity index (χ3v) is 13.0. The van der Waals surface area contributed by atoms with E-state index in [4.69, 9.17) is 4.42 Å². The number of furan rings is 1. The highest BCUT2D eigenvalue weighted by molar-refractivity contribution is 6.09. The fourth-order valence-electron chi connectivity index (χ4n) is 10.1. The first-order chi connectivity index (χ1) is 31.3. The molecule has 2 nitrogen and oxygen atoms in total. The molecule has 1 aliphatic rings. The summed E-state index contributed by atoms with van der Waals surface area (Å²) in [6, 6.07) is 90.2. The van der Waals surface area contributed by atoms with Gasteiger partial charge in [-0.1, -0.05) is 212 Å². The molecule has 1 aliphatic carbocycles. The Morgan fingerprint density at radius 2 is 0.762 bits per heavy atom. The summed E-state index contributed by atoms with van der Waals surface area (Å²) in [5, 5.41) is 2.26. The number of nitrogens with zero attached hydrogens (tertiary/aromatic N) is 1. The van der Waals surface area contributed by atoms with E-state index in [1.807, 2.05) is 12.1 Å². The van der Waals surface area contributed by atoms with Crippen LogP contribution in [0.3, 0.4) is 0 Å². The van der Waals surface area contributed by atoms with Gasteiger partial charge in [-0.2, -0.15) is 0 Å². The SMILES string of the molecule is c1ccc(-c2ccc(-c3ccccc3N(c3ccc(-c4cccc5c4oc4ccccc45)cc3)c3ccc(C4(c5ccccc5)c5ccccc5-c5ccccc54)cc3)cc2)cc1. The number of hydrogen-bond acceptors (Lipinski definition) is 2. The average molecular weight is 804 g/mol. The monoisotopic (exact) mass is 803 g/mol. The molecular weight excluding hydrogens is 763 g/mol. The van der Waals surface area contributed by atoms with E-state index in [9.17, 15) is 0 Å². The van der Waals surface area contributed by atoms with Crippen molar-refractivity contribution in [3.8, 4) is 44.5 Å². The van der Waals surface area contributed by atoms with Gasteiger partial charge in [0.05, 0.1) is 11.1 Å². The van der Waals surface area contributed by atoms with Gasteiger partial charge in [-0.25, -0.2) is 0 Å². The Morgan fingerprint density at radius 1 is 0.302 bits per heavy atom. The van der Waals surface area contributed by atoms with Crippen molar-refractivity contribution < 1.29 is 4.42 Å². The number of fused-ring (bicyclic) bond motifs is 6. The van der Waals surface area contributed by atoms with E-state index in [1.54, 1.807) is 0 Å². The zero-order valence-corrected chi connectivity index (χ0v) is 34.5. The standard InChI is InChI=1S/C61H41NO/c1-3-16-42(17-4-1)43-30-32-44(33-31-43)50-20-9-13-28-58(50)62(48-38-34-45(35-39-48)51-24-15-25-55-54-23-10-14-29-59(54)63-60(51)55)49-40-36-47(37-41-49)61(46-18-5-2-6-19-46)56-26-11-7-21-52(56)53-22-8-12-27-57(53)61/h1-41H. The lowest BCUT2D eigenvalue weighted by Gasteiger charge is -2.34. The molecular formula is C61H41NO. The lowest BCUT2D eigenvalue weighted by atomic mass is 9.68. The number of rotatable bonds is 8. The Kier molecular flexibility index (Phi) is 8.76. The van der Waals surface area contributed by atoms with Crippen molar-refractivity contribution in [2.24, 2.45) is 0 Å². The zero-order chi connectivity index (χ0) is 41.7. The van der Waals surface area contributed by atoms with E-state index in [2.05, 4.69) is 241 Å². The fraction of sp³-hybridized carbons (Fsp3) is 0.0164. The number of hydrogen-bond donors (Lipinski definition) is 0. The molecule has 0 bridgehead atoms. The summed E-state index contributed by atoms with van der Waals surface area (Å²) in [7, 11) is 0. The molecule has 12 rings (SSSR count). The summed E-state index contributed by atoms with van der Waals surface area (Å²) in [5.74, 6) is 0. The lowest BCUT2D eigenvalue weighted by Crippen LogP contribution is -2.28. The van der Waals surface area contributed by atoms with Gasteiger partial charge in [-0.15, -0.1) is 0 Å². The largest absolute Gasteiger partial charge is 0.455 e. The summed E-state index contributed by atoms with van der Waals surface area (Å²) >= 11 is 0. The van der Waals surface area contributed by atoms with Crippen LogP contribution in [0.1, 0.15) is 22.3 Å². The predicted octanol–water partition coefficient (Wildman–Crippen LogP) is 16.4. The van der Waals surface area contributed by atoms with Crippen LogP contribution < -0.4 is 4.90 Å². The summed E-state index contributed by atoms with van der Waals surface area (Å²) in [4.78, 5) is 2.40. The van der Waals surface area contributed by atoms with E-state index in [0.29, 0.717) is 0 Å². The normalized spacial score (nSPS) is 12.6. The number of para-hydroxylation sites is 3. The van der Waals surface area contributed by atoms with Crippen LogP contribution in [0.4, 0.5) is 17.1 Å². The number of anilines is 3. The Hall–Kier alpha value is -8.20. The van der Waals surface area contributed by atoms with Gasteiger partial charge >= 0.3 is 0 Å². The Morgan fingerprint density at radius 3 is 1.46 bits per heavy atom. The van der Waals surface area contributed by atoms with E-state index >= 15 is 0 Å². The van der Waals surface area contributed by atoms with Crippen LogP contribution in [0.5, 0.6) is 0 Å². The van der Waals surface area contributed by atoms with Crippen LogP contribution in [0.15, 0.2) is 253 Å². The van der Waals surface area contributed by atoms with Gasteiger partial charge in [0, 0.05) is 33.3 Å². The quantitative estimate of drug-likeness (QED) is 0.152. The predicted molar refractivity (Wildman–Crippen MR) is 262 cm³/mol. The van der Waals surface area contributed by atoms with Crippen molar-refractivity contribution in [1.82, 2.24) is 0 Å². The maximum Gasteiger partial charge on any atom is 0.143 e. The van der Waals surface area contributed by atoms with Crippen molar-refractivity contribution >= 4 is 39.0 Å². The van der Waals surface area contributed by atoms with Gasteiger partial charge in [-0.05, 0) is 92.0 Å². The highest BCUT2D eigenvalue weighted by Crippen LogP contribution is 2.56. The maximum atomic E-state index is 6.48. The van der Waals surface area contributed by atoms with Crippen molar-refractivity contribution in [2.45, 2.75) is 5.41 Å². The molecule has 63 heavy (non-hydrogen) atoms. The molecule has 0 unspecified atom stereocenters. The number of benzene rings is 10. The van der Waals surface area contributed by atoms with Crippen LogP contribution in [0.25, 0.3) is 66.4 Å². The molecule has 1 heterocycles. The van der Waals surface area contributed by atoms with E-state index in [-0.39, 0.29) is 0 Å². The van der Waals surface area contributed by atoms with Crippen LogP contribution in [0.2, 0.25) is 0 Å². The van der Waals surface area contributed by atoms with Crippen LogP contribution >= 0.6 is 0 Å². The van der Waals surface area contributed by atoms with Gasteiger partial charge in [0.15, 0.2) is 0 Å². The van der Waals surface area contributed by atoms with Gasteiger partial charge < -0.3 is 9.32 Å². The smallest absolute Gasteiger partial charge is 0.143 e. The molecule has 0 fully saturated rings. The Balaban J connectivity index is 1.01. The molecule has 10 aromatic carbocycles. The van der Waals surface area contributed by atoms with E-state index in [0.717, 1.165) is 61.3 Å². The van der Waals surface area contributed by atoms with Gasteiger partial charge in [0.1, 0.15) is 11.2 Å². The second kappa shape index (κ2) is 15.1. The first-order valence-electron chi connectivity index (χ1n) is 21.7. The molecule has 2 heteroatoms. The van der Waals surface area contributed by atoms with Gasteiger partial charge in [-0.3, -0.25) is 0 Å². The molecule has 0 amide bonds. The van der Waals surface area contributed by atoms with Crippen LogP contribution in [-0.4, -0.2) is 0 Å². The van der Waals surface area contributed by atoms with Crippen molar-refractivity contribution in [3.05, 3.63) is 271 Å². The molecule has 11 aromatic rings. The molecule has 0 radical (unpaired) electrons. The minimum absolute atomic E-state index is 0.477. The second-order valence-corrected chi connectivity index (χ2v) is 16.4. The highest BCUT2D eigenvalue weighted by atomic mass is 16.3. The molecule has 0 spiro atoms. The minimum Gasteiger partial charge on any atom is -0.455 e. The third-order valence-electron chi connectivity index (χ3n) is 13.0. The van der Waals surface area contributed by atoms with Gasteiger partial charge in [0.2, 0.25) is 0 Å². The Labute approximate surface area is 367 Å². The van der Waals surface area contributed by atoms with Crippen molar-refractivity contribution in [2.75, 3.05) is 4.90 Å². The summed E-state index contributed by atoms with van der Waals surface area (Å²) < 4.78 is 6.48. The van der Waals surface area contributed by atoms with Crippen LogP contribution in [-0.2, 0) is 5.41 Å². The molecule has 296 valence electrons. The van der Waals surface area contributed by atoms with Crippen molar-refractivity contribution in [3.63, 3.8) is 0 Å². The second-order valence-electron chi connectivity index (χ2n) is 16.4. The topological polar surface area (TPSA) is 16.4 Å². The summed E-state index contributed by atoms with van der Waals surface area (Å²) in [5.41, 5.74) is 19.1. The first-order valence-corrected chi connectivity index (χ1v) is 21.7. The highest BCUT2D eigenvalue weighted by Gasteiger charge is 2.45. The molecule has 0 saturated heterocycles. The first kappa shape index (κ1) is 36.6. The minimum atomic E-state index is -0.477. The van der Waals surface area contributed by atoms with Crippen molar-refractivity contribution in [1.29, 1.82) is 0 Å². The lowest BCUT2D eigenvalue weighted by molar-refractivity contribution is 0.670. The molecule has 0 N–H and O–H groups in total. The van der Waals surface area contributed by atoms with Crippen LogP contribution in [0, 0.1) is 0 Å². The van der Waals surface area contributed by atoms with Gasteiger partial charge in [0.25, 0.3) is 0 Å². The Bertz CT molecular complexity index is 3370. The third kappa shape index (κ3) is 5.95. The molecule has 0 aliphatic heterocycles. The molecule has 0 atom stereocenters. The summed E-state index contributed by atoms with van der Waals surface area (Å²) in [6.07, 6.45) is 0. The molecule has 1 aromatic heterocycles. The summed E-state index contributed by atoms with van der Waals surface area (Å²) in [6.45, 7) is 0. The van der Waals surface area contributed by atoms with E-state index in [1.165, 1.54) is 44.5 Å². The maximum absolute atomic E-state index is 6.48. The molecule has 0 saturated carbocycles. The fourth-order valence-corrected chi connectivity index (χ4v) is 10.1. The average Bonchev–Trinajstić information content (AvgIpc) is 3.90.